The maximum atomic E-state index is 5.38. The average molecular weight is 288 g/mol. The second-order valence-electron chi connectivity index (χ2n) is 3.50. The molecule has 0 unspecified atom stereocenters. The number of halogens is 1. The standard InChI is InChI=1S/C11H17N3O.BrH/c1-2-15-11-5-3-4-10(13-11)14-8-6-12-7-9-14;/h3-5,12H,2,6-9H2,1H3;1H. The number of ether oxygens (including phenoxy) is 1. The minimum Gasteiger partial charge on any atom is -0.478 e. The minimum atomic E-state index is 0. The first-order valence-electron chi connectivity index (χ1n) is 5.45. The summed E-state index contributed by atoms with van der Waals surface area (Å²) in [5, 5.41) is 3.32. The van der Waals surface area contributed by atoms with E-state index in [1.54, 1.807) is 0 Å². The molecule has 2 rings (SSSR count). The highest BCUT2D eigenvalue weighted by molar-refractivity contribution is 8.93. The van der Waals surface area contributed by atoms with E-state index in [2.05, 4.69) is 15.2 Å². The molecule has 1 aromatic rings. The molecule has 1 aliphatic rings. The Bertz CT molecular complexity index is 316. The Hall–Kier alpha value is -0.810. The van der Waals surface area contributed by atoms with Gasteiger partial charge in [0.25, 0.3) is 0 Å². The quantitative estimate of drug-likeness (QED) is 0.914. The van der Waals surface area contributed by atoms with Gasteiger partial charge in [-0.1, -0.05) is 6.07 Å². The molecule has 2 heterocycles. The summed E-state index contributed by atoms with van der Waals surface area (Å²) >= 11 is 0. The van der Waals surface area contributed by atoms with Crippen molar-refractivity contribution in [1.82, 2.24) is 10.3 Å². The molecule has 0 aromatic carbocycles. The Morgan fingerprint density at radius 1 is 1.38 bits per heavy atom. The van der Waals surface area contributed by atoms with E-state index in [4.69, 9.17) is 4.74 Å². The van der Waals surface area contributed by atoms with E-state index in [1.807, 2.05) is 25.1 Å². The average Bonchev–Trinajstić information content (AvgIpc) is 2.31. The number of piperazine rings is 1. The van der Waals surface area contributed by atoms with Crippen molar-refractivity contribution in [1.29, 1.82) is 0 Å². The van der Waals surface area contributed by atoms with Crippen molar-refractivity contribution in [3.8, 4) is 5.88 Å². The molecule has 1 fully saturated rings. The summed E-state index contributed by atoms with van der Waals surface area (Å²) in [6, 6.07) is 5.93. The van der Waals surface area contributed by atoms with Crippen molar-refractivity contribution in [3.05, 3.63) is 18.2 Å². The molecule has 0 bridgehead atoms. The van der Waals surface area contributed by atoms with Crippen LogP contribution in [0.3, 0.4) is 0 Å². The van der Waals surface area contributed by atoms with Gasteiger partial charge in [0, 0.05) is 32.2 Å². The third-order valence-corrected chi connectivity index (χ3v) is 2.44. The molecule has 90 valence electrons. The molecule has 1 aliphatic heterocycles. The smallest absolute Gasteiger partial charge is 0.215 e. The van der Waals surface area contributed by atoms with Gasteiger partial charge in [0.2, 0.25) is 5.88 Å². The van der Waals surface area contributed by atoms with Crippen LogP contribution in [0.5, 0.6) is 5.88 Å². The monoisotopic (exact) mass is 287 g/mol. The number of rotatable bonds is 3. The molecule has 0 saturated carbocycles. The number of aromatic nitrogens is 1. The molecular weight excluding hydrogens is 270 g/mol. The van der Waals surface area contributed by atoms with Gasteiger partial charge >= 0.3 is 0 Å². The lowest BCUT2D eigenvalue weighted by Gasteiger charge is -2.28. The van der Waals surface area contributed by atoms with Crippen LogP contribution in [0, 0.1) is 0 Å². The van der Waals surface area contributed by atoms with Crippen LogP contribution in [0.2, 0.25) is 0 Å². The molecule has 0 spiro atoms. The van der Waals surface area contributed by atoms with Gasteiger partial charge in [0.1, 0.15) is 5.82 Å². The highest BCUT2D eigenvalue weighted by Gasteiger charge is 2.11. The van der Waals surface area contributed by atoms with E-state index >= 15 is 0 Å². The van der Waals surface area contributed by atoms with E-state index < -0.39 is 0 Å². The van der Waals surface area contributed by atoms with Crippen molar-refractivity contribution >= 4 is 22.8 Å². The van der Waals surface area contributed by atoms with Crippen molar-refractivity contribution in [2.24, 2.45) is 0 Å². The van der Waals surface area contributed by atoms with Crippen LogP contribution in [-0.2, 0) is 0 Å². The molecule has 5 heteroatoms. The van der Waals surface area contributed by atoms with Crippen LogP contribution >= 0.6 is 17.0 Å². The summed E-state index contributed by atoms with van der Waals surface area (Å²) in [7, 11) is 0. The summed E-state index contributed by atoms with van der Waals surface area (Å²) in [5.41, 5.74) is 0. The van der Waals surface area contributed by atoms with Gasteiger partial charge in [-0.05, 0) is 13.0 Å². The lowest BCUT2D eigenvalue weighted by Crippen LogP contribution is -2.43. The summed E-state index contributed by atoms with van der Waals surface area (Å²) < 4.78 is 5.38. The third kappa shape index (κ3) is 3.35. The summed E-state index contributed by atoms with van der Waals surface area (Å²) in [4.78, 5) is 6.74. The van der Waals surface area contributed by atoms with E-state index in [1.165, 1.54) is 0 Å². The summed E-state index contributed by atoms with van der Waals surface area (Å²) in [6.45, 7) is 6.73. The largest absolute Gasteiger partial charge is 0.478 e. The molecule has 1 aromatic heterocycles. The summed E-state index contributed by atoms with van der Waals surface area (Å²) in [6.07, 6.45) is 0. The van der Waals surface area contributed by atoms with E-state index in [0.717, 1.165) is 32.0 Å². The van der Waals surface area contributed by atoms with Gasteiger partial charge in [-0.25, -0.2) is 0 Å². The number of hydrogen-bond donors (Lipinski definition) is 1. The maximum absolute atomic E-state index is 5.38. The fraction of sp³-hybridized carbons (Fsp3) is 0.545. The van der Waals surface area contributed by atoms with Crippen LogP contribution in [-0.4, -0.2) is 37.8 Å². The predicted octanol–water partition coefficient (Wildman–Crippen LogP) is 1.47. The highest BCUT2D eigenvalue weighted by atomic mass is 79.9. The van der Waals surface area contributed by atoms with Crippen molar-refractivity contribution in [2.45, 2.75) is 6.92 Å². The zero-order valence-corrected chi connectivity index (χ0v) is 11.2. The lowest BCUT2D eigenvalue weighted by molar-refractivity contribution is 0.327. The molecule has 16 heavy (non-hydrogen) atoms. The Kier molecular flexibility index (Phi) is 5.55. The second-order valence-corrected chi connectivity index (χ2v) is 3.50. The van der Waals surface area contributed by atoms with Crippen molar-refractivity contribution in [3.63, 3.8) is 0 Å². The van der Waals surface area contributed by atoms with Crippen molar-refractivity contribution in [2.75, 3.05) is 37.7 Å². The Balaban J connectivity index is 0.00000128. The molecule has 0 atom stereocenters. The number of hydrogen-bond acceptors (Lipinski definition) is 4. The molecule has 0 amide bonds. The van der Waals surface area contributed by atoms with Crippen LogP contribution < -0.4 is 15.0 Å². The normalized spacial score (nSPS) is 15.4. The van der Waals surface area contributed by atoms with E-state index in [-0.39, 0.29) is 17.0 Å². The molecule has 1 N–H and O–H groups in total. The Morgan fingerprint density at radius 2 is 2.12 bits per heavy atom. The lowest BCUT2D eigenvalue weighted by atomic mass is 10.3. The number of nitrogens with one attached hydrogen (secondary N) is 1. The van der Waals surface area contributed by atoms with Gasteiger partial charge in [-0.2, -0.15) is 4.98 Å². The molecule has 0 aliphatic carbocycles. The van der Waals surface area contributed by atoms with Crippen molar-refractivity contribution < 1.29 is 4.74 Å². The topological polar surface area (TPSA) is 37.4 Å². The van der Waals surface area contributed by atoms with E-state index in [9.17, 15) is 0 Å². The van der Waals surface area contributed by atoms with Gasteiger partial charge in [0.05, 0.1) is 6.61 Å². The second kappa shape index (κ2) is 6.70. The fourth-order valence-corrected chi connectivity index (χ4v) is 1.70. The fourth-order valence-electron chi connectivity index (χ4n) is 1.70. The number of nitrogens with zero attached hydrogens (tertiary/aromatic N) is 2. The van der Waals surface area contributed by atoms with Gasteiger partial charge < -0.3 is 15.0 Å². The van der Waals surface area contributed by atoms with Gasteiger partial charge in [-0.15, -0.1) is 17.0 Å². The predicted molar refractivity (Wildman–Crippen MR) is 70.8 cm³/mol. The molecule has 1 saturated heterocycles. The number of anilines is 1. The zero-order chi connectivity index (χ0) is 10.5. The van der Waals surface area contributed by atoms with Crippen LogP contribution in [0.1, 0.15) is 6.92 Å². The number of pyridine rings is 1. The minimum absolute atomic E-state index is 0. The van der Waals surface area contributed by atoms with Crippen LogP contribution in [0.15, 0.2) is 18.2 Å². The SMILES string of the molecule is Br.CCOc1cccc(N2CCNCC2)n1. The third-order valence-electron chi connectivity index (χ3n) is 2.44. The first-order valence-corrected chi connectivity index (χ1v) is 5.45. The van der Waals surface area contributed by atoms with Gasteiger partial charge in [-0.3, -0.25) is 0 Å². The first-order chi connectivity index (χ1) is 7.40. The highest BCUT2D eigenvalue weighted by Crippen LogP contribution is 2.15. The van der Waals surface area contributed by atoms with Gasteiger partial charge in [0.15, 0.2) is 0 Å². The van der Waals surface area contributed by atoms with E-state index in [0.29, 0.717) is 12.5 Å². The van der Waals surface area contributed by atoms with Crippen LogP contribution in [0.25, 0.3) is 0 Å². The van der Waals surface area contributed by atoms with Crippen LogP contribution in [0.4, 0.5) is 5.82 Å². The maximum Gasteiger partial charge on any atom is 0.215 e. The zero-order valence-electron chi connectivity index (χ0n) is 9.48. The first kappa shape index (κ1) is 13.3. The summed E-state index contributed by atoms with van der Waals surface area (Å²) in [5.74, 6) is 1.73. The molecular formula is C11H18BrN3O. The molecule has 0 radical (unpaired) electrons. The molecule has 4 nitrogen and oxygen atoms in total. The Labute approximate surface area is 107 Å². The Morgan fingerprint density at radius 3 is 2.81 bits per heavy atom.